The van der Waals surface area contributed by atoms with Crippen LogP contribution in [0.1, 0.15) is 38.3 Å². The smallest absolute Gasteiger partial charge is 0.0701 e. The Labute approximate surface area is 115 Å². The van der Waals surface area contributed by atoms with E-state index in [4.69, 9.17) is 0 Å². The van der Waals surface area contributed by atoms with Crippen molar-refractivity contribution in [1.29, 1.82) is 0 Å². The predicted molar refractivity (Wildman–Crippen MR) is 81.0 cm³/mol. The van der Waals surface area contributed by atoms with Crippen LogP contribution in [-0.2, 0) is 0 Å². The molecule has 0 saturated carbocycles. The minimum atomic E-state index is 0.456. The van der Waals surface area contributed by atoms with Gasteiger partial charge in [0.15, 0.2) is 0 Å². The van der Waals surface area contributed by atoms with Crippen LogP contribution < -0.4 is 5.32 Å². The molecular formula is C17H22N2. The van der Waals surface area contributed by atoms with Crippen LogP contribution in [0.2, 0.25) is 0 Å². The van der Waals surface area contributed by atoms with Gasteiger partial charge in [-0.3, -0.25) is 4.98 Å². The number of aromatic nitrogens is 1. The predicted octanol–water partition coefficient (Wildman–Crippen LogP) is 4.20. The summed E-state index contributed by atoms with van der Waals surface area (Å²) in [6, 6.07) is 15.2. The third-order valence-electron chi connectivity index (χ3n) is 3.32. The number of hydrogen-bond acceptors (Lipinski definition) is 2. The van der Waals surface area contributed by atoms with E-state index in [1.165, 1.54) is 17.5 Å². The summed E-state index contributed by atoms with van der Waals surface area (Å²) in [5.74, 6) is 0. The standard InChI is InChI=1S/C17H22N2/c1-3-12-18-16(4-2)14-8-10-15(11-9-14)17-7-5-6-13-19-17/h5-11,13,16,18H,3-4,12H2,1-2H3. The highest BCUT2D eigenvalue weighted by atomic mass is 14.9. The van der Waals surface area contributed by atoms with Crippen LogP contribution in [0.5, 0.6) is 0 Å². The fourth-order valence-electron chi connectivity index (χ4n) is 2.24. The topological polar surface area (TPSA) is 24.9 Å². The fraction of sp³-hybridized carbons (Fsp3) is 0.353. The summed E-state index contributed by atoms with van der Waals surface area (Å²) in [5.41, 5.74) is 3.56. The first-order valence-corrected chi connectivity index (χ1v) is 7.10. The molecular weight excluding hydrogens is 232 g/mol. The first kappa shape index (κ1) is 13.8. The van der Waals surface area contributed by atoms with Crippen LogP contribution in [0, 0.1) is 0 Å². The number of hydrogen-bond donors (Lipinski definition) is 1. The van der Waals surface area contributed by atoms with E-state index in [0.717, 1.165) is 18.7 Å². The van der Waals surface area contributed by atoms with E-state index in [1.54, 1.807) is 0 Å². The molecule has 2 heteroatoms. The average molecular weight is 254 g/mol. The fourth-order valence-corrected chi connectivity index (χ4v) is 2.24. The van der Waals surface area contributed by atoms with E-state index in [2.05, 4.69) is 48.4 Å². The second-order valence-corrected chi connectivity index (χ2v) is 4.75. The van der Waals surface area contributed by atoms with Gasteiger partial charge in [-0.25, -0.2) is 0 Å². The van der Waals surface area contributed by atoms with Crippen LogP contribution in [0.4, 0.5) is 0 Å². The van der Waals surface area contributed by atoms with E-state index in [0.29, 0.717) is 6.04 Å². The van der Waals surface area contributed by atoms with Crippen molar-refractivity contribution in [2.75, 3.05) is 6.54 Å². The minimum absolute atomic E-state index is 0.456. The van der Waals surface area contributed by atoms with Crippen molar-refractivity contribution in [1.82, 2.24) is 10.3 Å². The summed E-state index contributed by atoms with van der Waals surface area (Å²) in [6.07, 6.45) is 4.12. The lowest BCUT2D eigenvalue weighted by Gasteiger charge is -2.17. The van der Waals surface area contributed by atoms with Gasteiger partial charge in [0, 0.05) is 17.8 Å². The molecule has 1 N–H and O–H groups in total. The number of nitrogens with zero attached hydrogens (tertiary/aromatic N) is 1. The Bertz CT molecular complexity index is 476. The highest BCUT2D eigenvalue weighted by Crippen LogP contribution is 2.21. The lowest BCUT2D eigenvalue weighted by Crippen LogP contribution is -2.21. The van der Waals surface area contributed by atoms with Crippen LogP contribution in [0.25, 0.3) is 11.3 Å². The van der Waals surface area contributed by atoms with Gasteiger partial charge in [-0.1, -0.05) is 44.2 Å². The van der Waals surface area contributed by atoms with E-state index >= 15 is 0 Å². The van der Waals surface area contributed by atoms with E-state index in [1.807, 2.05) is 24.4 Å². The summed E-state index contributed by atoms with van der Waals surface area (Å²) in [4.78, 5) is 4.38. The summed E-state index contributed by atoms with van der Waals surface area (Å²) < 4.78 is 0. The Balaban J connectivity index is 2.13. The third-order valence-corrected chi connectivity index (χ3v) is 3.32. The van der Waals surface area contributed by atoms with E-state index in [-0.39, 0.29) is 0 Å². The van der Waals surface area contributed by atoms with Gasteiger partial charge in [-0.2, -0.15) is 0 Å². The molecule has 19 heavy (non-hydrogen) atoms. The highest BCUT2D eigenvalue weighted by molar-refractivity contribution is 5.59. The Morgan fingerprint density at radius 3 is 2.42 bits per heavy atom. The van der Waals surface area contributed by atoms with Crippen molar-refractivity contribution >= 4 is 0 Å². The quantitative estimate of drug-likeness (QED) is 0.835. The van der Waals surface area contributed by atoms with Crippen LogP contribution in [0.15, 0.2) is 48.7 Å². The lowest BCUT2D eigenvalue weighted by atomic mass is 10.0. The van der Waals surface area contributed by atoms with Crippen molar-refractivity contribution in [2.24, 2.45) is 0 Å². The minimum Gasteiger partial charge on any atom is -0.310 e. The molecule has 0 aliphatic heterocycles. The molecule has 0 saturated heterocycles. The number of rotatable bonds is 6. The van der Waals surface area contributed by atoms with Crippen molar-refractivity contribution in [3.05, 3.63) is 54.2 Å². The van der Waals surface area contributed by atoms with Crippen LogP contribution in [0.3, 0.4) is 0 Å². The van der Waals surface area contributed by atoms with Gasteiger partial charge < -0.3 is 5.32 Å². The number of pyridine rings is 1. The highest BCUT2D eigenvalue weighted by Gasteiger charge is 2.08. The normalized spacial score (nSPS) is 12.3. The molecule has 0 fully saturated rings. The maximum atomic E-state index is 4.38. The zero-order chi connectivity index (χ0) is 13.5. The zero-order valence-electron chi connectivity index (χ0n) is 11.8. The molecule has 2 rings (SSSR count). The molecule has 2 aromatic rings. The molecule has 0 aliphatic carbocycles. The van der Waals surface area contributed by atoms with Gasteiger partial charge in [0.25, 0.3) is 0 Å². The molecule has 100 valence electrons. The summed E-state index contributed by atoms with van der Waals surface area (Å²) in [7, 11) is 0. The van der Waals surface area contributed by atoms with E-state index < -0.39 is 0 Å². The molecule has 1 aromatic heterocycles. The molecule has 0 aliphatic rings. The molecule has 1 atom stereocenters. The van der Waals surface area contributed by atoms with Crippen LogP contribution >= 0.6 is 0 Å². The lowest BCUT2D eigenvalue weighted by molar-refractivity contribution is 0.518. The van der Waals surface area contributed by atoms with Crippen molar-refractivity contribution in [2.45, 2.75) is 32.7 Å². The number of benzene rings is 1. The van der Waals surface area contributed by atoms with E-state index in [9.17, 15) is 0 Å². The van der Waals surface area contributed by atoms with Gasteiger partial charge >= 0.3 is 0 Å². The summed E-state index contributed by atoms with van der Waals surface area (Å²) >= 11 is 0. The number of nitrogens with one attached hydrogen (secondary N) is 1. The van der Waals surface area contributed by atoms with Gasteiger partial charge in [-0.15, -0.1) is 0 Å². The summed E-state index contributed by atoms with van der Waals surface area (Å²) in [6.45, 7) is 5.49. The first-order valence-electron chi connectivity index (χ1n) is 7.10. The second-order valence-electron chi connectivity index (χ2n) is 4.75. The van der Waals surface area contributed by atoms with Crippen molar-refractivity contribution < 1.29 is 0 Å². The SMILES string of the molecule is CCCNC(CC)c1ccc(-c2ccccn2)cc1. The average Bonchev–Trinajstić information content (AvgIpc) is 2.49. The van der Waals surface area contributed by atoms with Crippen molar-refractivity contribution in [3.8, 4) is 11.3 Å². The molecule has 0 radical (unpaired) electrons. The molecule has 2 nitrogen and oxygen atoms in total. The molecule has 1 unspecified atom stereocenters. The molecule has 0 spiro atoms. The summed E-state index contributed by atoms with van der Waals surface area (Å²) in [5, 5.41) is 3.58. The molecule has 1 heterocycles. The first-order chi connectivity index (χ1) is 9.35. The molecule has 1 aromatic carbocycles. The van der Waals surface area contributed by atoms with Crippen molar-refractivity contribution in [3.63, 3.8) is 0 Å². The molecule has 0 bridgehead atoms. The Hall–Kier alpha value is -1.67. The molecule has 0 amide bonds. The third kappa shape index (κ3) is 3.65. The zero-order valence-corrected chi connectivity index (χ0v) is 11.8. The Morgan fingerprint density at radius 2 is 1.84 bits per heavy atom. The maximum Gasteiger partial charge on any atom is 0.0701 e. The second kappa shape index (κ2) is 7.05. The maximum absolute atomic E-state index is 4.38. The van der Waals surface area contributed by atoms with Gasteiger partial charge in [-0.05, 0) is 37.1 Å². The monoisotopic (exact) mass is 254 g/mol. The van der Waals surface area contributed by atoms with Gasteiger partial charge in [0.05, 0.1) is 5.69 Å². The van der Waals surface area contributed by atoms with Gasteiger partial charge in [0.1, 0.15) is 0 Å². The Morgan fingerprint density at radius 1 is 1.05 bits per heavy atom. The largest absolute Gasteiger partial charge is 0.310 e. The van der Waals surface area contributed by atoms with Crippen LogP contribution in [-0.4, -0.2) is 11.5 Å². The van der Waals surface area contributed by atoms with Gasteiger partial charge in [0.2, 0.25) is 0 Å². The Kier molecular flexibility index (Phi) is 5.10.